The molecule has 7 heteroatoms. The maximum Gasteiger partial charge on any atom is 0.223 e. The monoisotopic (exact) mass is 260 g/mol. The number of hydrogen-bond acceptors (Lipinski definition) is 5. The third-order valence-corrected chi connectivity index (χ3v) is 2.85. The normalized spacial score (nSPS) is 11.0. The number of halogens is 1. The molecule has 0 fully saturated rings. The fourth-order valence-corrected chi connectivity index (χ4v) is 1.98. The highest BCUT2D eigenvalue weighted by Crippen LogP contribution is 2.25. The van der Waals surface area contributed by atoms with Gasteiger partial charge in [0.1, 0.15) is 11.2 Å². The summed E-state index contributed by atoms with van der Waals surface area (Å²) >= 11 is 6.01. The molecule has 0 aliphatic heterocycles. The van der Waals surface area contributed by atoms with Crippen molar-refractivity contribution in [2.75, 3.05) is 5.73 Å². The van der Waals surface area contributed by atoms with Gasteiger partial charge in [-0.25, -0.2) is 4.98 Å². The molecular weight excluding hydrogens is 252 g/mol. The van der Waals surface area contributed by atoms with Gasteiger partial charge in [-0.15, -0.1) is 0 Å². The Morgan fingerprint density at radius 1 is 1.22 bits per heavy atom. The van der Waals surface area contributed by atoms with Crippen LogP contribution in [0.3, 0.4) is 0 Å². The Balaban J connectivity index is 2.33. The zero-order valence-electron chi connectivity index (χ0n) is 9.50. The van der Waals surface area contributed by atoms with Crippen molar-refractivity contribution in [2.45, 2.75) is 0 Å². The van der Waals surface area contributed by atoms with Gasteiger partial charge >= 0.3 is 0 Å². The van der Waals surface area contributed by atoms with Crippen molar-refractivity contribution >= 4 is 28.7 Å². The lowest BCUT2D eigenvalue weighted by molar-refractivity contribution is 0.933. The third kappa shape index (κ3) is 1.58. The van der Waals surface area contributed by atoms with Gasteiger partial charge in [0, 0.05) is 13.2 Å². The van der Waals surface area contributed by atoms with E-state index in [0.717, 1.165) is 5.69 Å². The lowest BCUT2D eigenvalue weighted by atomic mass is 10.3. The summed E-state index contributed by atoms with van der Waals surface area (Å²) in [6.45, 7) is 0. The molecule has 3 heterocycles. The number of pyridine rings is 1. The van der Waals surface area contributed by atoms with E-state index >= 15 is 0 Å². The van der Waals surface area contributed by atoms with Gasteiger partial charge in [-0.3, -0.25) is 4.98 Å². The largest absolute Gasteiger partial charge is 0.368 e. The maximum absolute atomic E-state index is 6.01. The summed E-state index contributed by atoms with van der Waals surface area (Å²) in [6, 6.07) is 5.60. The molecule has 18 heavy (non-hydrogen) atoms. The molecule has 0 amide bonds. The number of nitrogens with two attached hydrogens (primary N) is 1. The van der Waals surface area contributed by atoms with Gasteiger partial charge in [-0.2, -0.15) is 9.97 Å². The van der Waals surface area contributed by atoms with E-state index in [1.165, 1.54) is 0 Å². The van der Waals surface area contributed by atoms with E-state index in [1.807, 2.05) is 25.2 Å². The van der Waals surface area contributed by atoms with Gasteiger partial charge < -0.3 is 10.3 Å². The molecule has 0 atom stereocenters. The van der Waals surface area contributed by atoms with Crippen molar-refractivity contribution in [2.24, 2.45) is 7.05 Å². The Morgan fingerprint density at radius 2 is 2.06 bits per heavy atom. The lowest BCUT2D eigenvalue weighted by Crippen LogP contribution is -1.99. The average molecular weight is 261 g/mol. The lowest BCUT2D eigenvalue weighted by Gasteiger charge is -2.00. The van der Waals surface area contributed by atoms with Gasteiger partial charge in [-0.05, 0) is 12.1 Å². The Morgan fingerprint density at radius 3 is 2.78 bits per heavy atom. The van der Waals surface area contributed by atoms with Gasteiger partial charge in [-0.1, -0.05) is 17.7 Å². The van der Waals surface area contributed by atoms with Crippen molar-refractivity contribution in [1.29, 1.82) is 0 Å². The number of rotatable bonds is 1. The fourth-order valence-electron chi connectivity index (χ4n) is 1.77. The molecule has 0 aliphatic rings. The van der Waals surface area contributed by atoms with Crippen molar-refractivity contribution < 1.29 is 0 Å². The summed E-state index contributed by atoms with van der Waals surface area (Å²) < 4.78 is 1.79. The molecule has 0 spiro atoms. The average Bonchev–Trinajstić information content (AvgIpc) is 2.69. The van der Waals surface area contributed by atoms with Crippen LogP contribution in [0.5, 0.6) is 0 Å². The van der Waals surface area contributed by atoms with Crippen LogP contribution in [0.4, 0.5) is 5.95 Å². The summed E-state index contributed by atoms with van der Waals surface area (Å²) in [5.74, 6) is 0.801. The van der Waals surface area contributed by atoms with Crippen molar-refractivity contribution in [1.82, 2.24) is 24.5 Å². The summed E-state index contributed by atoms with van der Waals surface area (Å²) in [7, 11) is 1.84. The fraction of sp³-hybridized carbons (Fsp3) is 0.0909. The number of nitrogen functional groups attached to an aromatic ring is 1. The predicted molar refractivity (Wildman–Crippen MR) is 69.0 cm³/mol. The summed E-state index contributed by atoms with van der Waals surface area (Å²) in [4.78, 5) is 16.7. The van der Waals surface area contributed by atoms with Crippen LogP contribution in [0.15, 0.2) is 24.4 Å². The first-order valence-electron chi connectivity index (χ1n) is 5.23. The topological polar surface area (TPSA) is 82.5 Å². The second-order valence-electron chi connectivity index (χ2n) is 3.75. The molecule has 3 aromatic heterocycles. The molecule has 0 unspecified atom stereocenters. The molecule has 0 bridgehead atoms. The van der Waals surface area contributed by atoms with Crippen molar-refractivity contribution in [3.05, 3.63) is 29.5 Å². The van der Waals surface area contributed by atoms with Crippen molar-refractivity contribution in [3.63, 3.8) is 0 Å². The van der Waals surface area contributed by atoms with E-state index in [9.17, 15) is 0 Å². The Bertz CT molecular complexity index is 721. The second kappa shape index (κ2) is 3.92. The van der Waals surface area contributed by atoms with Gasteiger partial charge in [0.2, 0.25) is 5.95 Å². The molecule has 3 aromatic rings. The molecule has 0 radical (unpaired) electrons. The first-order chi connectivity index (χ1) is 8.66. The molecule has 0 saturated carbocycles. The number of aryl methyl sites for hydroxylation is 1. The van der Waals surface area contributed by atoms with Crippen LogP contribution >= 0.6 is 11.6 Å². The third-order valence-electron chi connectivity index (χ3n) is 2.59. The molecule has 0 aromatic carbocycles. The first-order valence-corrected chi connectivity index (χ1v) is 5.61. The highest BCUT2D eigenvalue weighted by molar-refractivity contribution is 6.33. The zero-order chi connectivity index (χ0) is 12.7. The molecular formula is C11H9ClN6. The SMILES string of the molecule is Cn1c(-c2ccccn2)nc2c(Cl)nc(N)nc21. The second-order valence-corrected chi connectivity index (χ2v) is 4.11. The van der Waals surface area contributed by atoms with E-state index in [1.54, 1.807) is 10.8 Å². The van der Waals surface area contributed by atoms with Crippen LogP contribution in [0.2, 0.25) is 5.15 Å². The van der Waals surface area contributed by atoms with Gasteiger partial charge in [0.05, 0.1) is 0 Å². The smallest absolute Gasteiger partial charge is 0.223 e. The summed E-state index contributed by atoms with van der Waals surface area (Å²) in [5.41, 5.74) is 7.43. The predicted octanol–water partition coefficient (Wildman–Crippen LogP) is 1.66. The number of aromatic nitrogens is 5. The zero-order valence-corrected chi connectivity index (χ0v) is 10.3. The van der Waals surface area contributed by atoms with Gasteiger partial charge in [0.25, 0.3) is 0 Å². The van der Waals surface area contributed by atoms with E-state index in [0.29, 0.717) is 17.0 Å². The number of nitrogens with zero attached hydrogens (tertiary/aromatic N) is 5. The number of fused-ring (bicyclic) bond motifs is 1. The molecule has 0 saturated heterocycles. The quantitative estimate of drug-likeness (QED) is 0.673. The minimum atomic E-state index is 0.128. The van der Waals surface area contributed by atoms with E-state index < -0.39 is 0 Å². The highest BCUT2D eigenvalue weighted by Gasteiger charge is 2.15. The molecule has 90 valence electrons. The standard InChI is InChI=1S/C11H9ClN6/c1-18-9(6-4-2-3-5-14-6)15-7-8(12)16-11(13)17-10(7)18/h2-5H,1H3,(H2,13,16,17). The van der Waals surface area contributed by atoms with Crippen LogP contribution in [-0.4, -0.2) is 24.5 Å². The van der Waals surface area contributed by atoms with Crippen molar-refractivity contribution in [3.8, 4) is 11.5 Å². The molecule has 0 aliphatic carbocycles. The molecule has 3 rings (SSSR count). The highest BCUT2D eigenvalue weighted by atomic mass is 35.5. The molecule has 6 nitrogen and oxygen atoms in total. The molecule has 2 N–H and O–H groups in total. The first kappa shape index (κ1) is 10.9. The van der Waals surface area contributed by atoms with Crippen LogP contribution in [-0.2, 0) is 7.05 Å². The van der Waals surface area contributed by atoms with Crippen LogP contribution in [0.25, 0.3) is 22.7 Å². The Hall–Kier alpha value is -2.21. The van der Waals surface area contributed by atoms with Crippen LogP contribution < -0.4 is 5.73 Å². The Kier molecular flexibility index (Phi) is 2.38. The minimum Gasteiger partial charge on any atom is -0.368 e. The number of hydrogen-bond donors (Lipinski definition) is 1. The summed E-state index contributed by atoms with van der Waals surface area (Å²) in [5, 5.41) is 0.246. The van der Waals surface area contributed by atoms with Crippen LogP contribution in [0, 0.1) is 0 Å². The number of imidazole rings is 1. The summed E-state index contributed by atoms with van der Waals surface area (Å²) in [6.07, 6.45) is 1.70. The minimum absolute atomic E-state index is 0.128. The van der Waals surface area contributed by atoms with E-state index in [2.05, 4.69) is 19.9 Å². The van der Waals surface area contributed by atoms with E-state index in [-0.39, 0.29) is 11.1 Å². The van der Waals surface area contributed by atoms with E-state index in [4.69, 9.17) is 17.3 Å². The van der Waals surface area contributed by atoms with Crippen LogP contribution in [0.1, 0.15) is 0 Å². The number of anilines is 1. The Labute approximate surface area is 107 Å². The maximum atomic E-state index is 6.01. The van der Waals surface area contributed by atoms with Gasteiger partial charge in [0.15, 0.2) is 16.6 Å².